The van der Waals surface area contributed by atoms with E-state index in [-0.39, 0.29) is 28.9 Å². The Kier molecular flexibility index (Phi) is 7.86. The fourth-order valence-electron chi connectivity index (χ4n) is 3.49. The van der Waals surface area contributed by atoms with Gasteiger partial charge in [-0.2, -0.15) is 17.6 Å². The highest BCUT2D eigenvalue weighted by atomic mass is 19.3. The summed E-state index contributed by atoms with van der Waals surface area (Å²) < 4.78 is 58.6. The molecule has 0 atom stereocenters. The molecule has 0 spiro atoms. The summed E-state index contributed by atoms with van der Waals surface area (Å²) in [6, 6.07) is 12.3. The molecule has 1 saturated heterocycles. The molecule has 3 rings (SSSR count). The lowest BCUT2D eigenvalue weighted by molar-refractivity contribution is -0.127. The van der Waals surface area contributed by atoms with Crippen LogP contribution < -0.4 is 9.47 Å². The van der Waals surface area contributed by atoms with Crippen molar-refractivity contribution in [3.05, 3.63) is 65.7 Å². The number of amides is 1. The van der Waals surface area contributed by atoms with Gasteiger partial charge in [-0.3, -0.25) is 9.59 Å². The molecule has 0 aliphatic carbocycles. The lowest BCUT2D eigenvalue weighted by Gasteiger charge is -2.30. The Morgan fingerprint density at radius 2 is 1.59 bits per heavy atom. The molecule has 0 unspecified atom stereocenters. The van der Waals surface area contributed by atoms with Crippen LogP contribution in [0.25, 0.3) is 6.08 Å². The maximum absolute atomic E-state index is 12.7. The number of carbonyl (C=O) groups excluding carboxylic acids is 2. The Balaban J connectivity index is 1.62. The second kappa shape index (κ2) is 10.8. The first kappa shape index (κ1) is 23.3. The molecule has 1 amide bonds. The number of rotatable bonds is 8. The Morgan fingerprint density at radius 1 is 0.938 bits per heavy atom. The van der Waals surface area contributed by atoms with E-state index in [4.69, 9.17) is 0 Å². The molecular formula is C23H21F4NO4. The van der Waals surface area contributed by atoms with Crippen molar-refractivity contribution < 1.29 is 36.6 Å². The van der Waals surface area contributed by atoms with E-state index in [1.54, 1.807) is 29.2 Å². The maximum Gasteiger partial charge on any atom is 0.387 e. The first-order chi connectivity index (χ1) is 15.3. The fourth-order valence-corrected chi connectivity index (χ4v) is 3.49. The summed E-state index contributed by atoms with van der Waals surface area (Å²) in [4.78, 5) is 26.6. The van der Waals surface area contributed by atoms with Crippen LogP contribution >= 0.6 is 0 Å². The minimum Gasteiger partial charge on any atom is -0.435 e. The van der Waals surface area contributed by atoms with Gasteiger partial charge >= 0.3 is 13.2 Å². The van der Waals surface area contributed by atoms with Crippen molar-refractivity contribution in [3.8, 4) is 11.5 Å². The van der Waals surface area contributed by atoms with Gasteiger partial charge in [0, 0.05) is 42.3 Å². The van der Waals surface area contributed by atoms with Gasteiger partial charge in [0.05, 0.1) is 0 Å². The number of Topliss-reactive ketones (excluding diaryl/α,β-unsaturated/α-hetero) is 1. The molecule has 0 saturated carbocycles. The largest absolute Gasteiger partial charge is 0.435 e. The molecule has 0 N–H and O–H groups in total. The van der Waals surface area contributed by atoms with Crippen molar-refractivity contribution in [1.82, 2.24) is 4.90 Å². The van der Waals surface area contributed by atoms with Crippen LogP contribution in [-0.4, -0.2) is 42.9 Å². The molecule has 9 heteroatoms. The fraction of sp³-hybridized carbons (Fsp3) is 0.304. The van der Waals surface area contributed by atoms with Gasteiger partial charge in [-0.25, -0.2) is 0 Å². The lowest BCUT2D eigenvalue weighted by atomic mass is 9.89. The van der Waals surface area contributed by atoms with Crippen molar-refractivity contribution >= 4 is 17.8 Å². The number of likely N-dealkylation sites (tertiary alicyclic amines) is 1. The van der Waals surface area contributed by atoms with Crippen LogP contribution in [0.4, 0.5) is 17.6 Å². The molecule has 0 radical (unpaired) electrons. The van der Waals surface area contributed by atoms with Crippen LogP contribution in [0, 0.1) is 5.92 Å². The quantitative estimate of drug-likeness (QED) is 0.321. The first-order valence-electron chi connectivity index (χ1n) is 9.93. The average Bonchev–Trinajstić information content (AvgIpc) is 2.78. The third kappa shape index (κ3) is 6.32. The SMILES string of the molecule is O=C(c1ccccc1)C1CCN(C(=O)/C=C/c2ccc(OC(F)F)cc2OC(F)F)CC1. The van der Waals surface area contributed by atoms with Crippen molar-refractivity contribution in [2.75, 3.05) is 13.1 Å². The molecule has 2 aromatic carbocycles. The number of nitrogens with zero attached hydrogens (tertiary/aromatic N) is 1. The Hall–Kier alpha value is -3.36. The summed E-state index contributed by atoms with van der Waals surface area (Å²) >= 11 is 0. The molecule has 1 aliphatic heterocycles. The zero-order valence-corrected chi connectivity index (χ0v) is 16.9. The Bertz CT molecular complexity index is 958. The maximum atomic E-state index is 12.7. The number of alkyl halides is 4. The topological polar surface area (TPSA) is 55.8 Å². The van der Waals surface area contributed by atoms with Gasteiger partial charge in [0.1, 0.15) is 11.5 Å². The second-order valence-corrected chi connectivity index (χ2v) is 7.12. The summed E-state index contributed by atoms with van der Waals surface area (Å²) in [5.41, 5.74) is 0.748. The number of ether oxygens (including phenoxy) is 2. The predicted molar refractivity (Wildman–Crippen MR) is 109 cm³/mol. The molecule has 1 fully saturated rings. The summed E-state index contributed by atoms with van der Waals surface area (Å²) in [5.74, 6) is -1.21. The van der Waals surface area contributed by atoms with Crippen LogP contribution in [0.1, 0.15) is 28.8 Å². The van der Waals surface area contributed by atoms with Crippen LogP contribution in [0.3, 0.4) is 0 Å². The Morgan fingerprint density at radius 3 is 2.22 bits per heavy atom. The van der Waals surface area contributed by atoms with Gasteiger partial charge in [0.2, 0.25) is 5.91 Å². The number of ketones is 1. The molecule has 1 aliphatic rings. The number of benzene rings is 2. The molecular weight excluding hydrogens is 430 g/mol. The van der Waals surface area contributed by atoms with Crippen LogP contribution in [-0.2, 0) is 4.79 Å². The standard InChI is InChI=1S/C23H21F4NO4/c24-22(25)31-18-8-6-15(19(14-18)32-23(26)27)7-9-20(29)28-12-10-17(11-13-28)21(30)16-4-2-1-3-5-16/h1-9,14,17,22-23H,10-13H2/b9-7+. The van der Waals surface area contributed by atoms with E-state index in [1.165, 1.54) is 18.2 Å². The second-order valence-electron chi connectivity index (χ2n) is 7.12. The van der Waals surface area contributed by atoms with E-state index >= 15 is 0 Å². The minimum atomic E-state index is -3.18. The number of hydrogen-bond acceptors (Lipinski definition) is 4. The number of halogens is 4. The van der Waals surface area contributed by atoms with Gasteiger partial charge in [-0.05, 0) is 31.1 Å². The van der Waals surface area contributed by atoms with Gasteiger partial charge in [0.25, 0.3) is 0 Å². The summed E-state index contributed by atoms with van der Waals surface area (Å²) in [6.07, 6.45) is 3.51. The van der Waals surface area contributed by atoms with Gasteiger partial charge in [-0.15, -0.1) is 0 Å². The van der Waals surface area contributed by atoms with Crippen molar-refractivity contribution in [3.63, 3.8) is 0 Å². The molecule has 5 nitrogen and oxygen atoms in total. The van der Waals surface area contributed by atoms with Gasteiger partial charge in [-0.1, -0.05) is 30.3 Å². The summed E-state index contributed by atoms with van der Waals surface area (Å²) in [6.45, 7) is -5.53. The number of piperidine rings is 1. The molecule has 2 aromatic rings. The van der Waals surface area contributed by atoms with E-state index in [0.29, 0.717) is 31.5 Å². The molecule has 32 heavy (non-hydrogen) atoms. The average molecular weight is 451 g/mol. The van der Waals surface area contributed by atoms with Crippen LogP contribution in [0.2, 0.25) is 0 Å². The van der Waals surface area contributed by atoms with E-state index in [2.05, 4.69) is 9.47 Å². The van der Waals surface area contributed by atoms with Crippen molar-refractivity contribution in [1.29, 1.82) is 0 Å². The highest BCUT2D eigenvalue weighted by molar-refractivity contribution is 5.98. The highest BCUT2D eigenvalue weighted by Crippen LogP contribution is 2.29. The number of carbonyl (C=O) groups is 2. The molecule has 170 valence electrons. The smallest absolute Gasteiger partial charge is 0.387 e. The molecule has 0 aromatic heterocycles. The number of hydrogen-bond donors (Lipinski definition) is 0. The highest BCUT2D eigenvalue weighted by Gasteiger charge is 2.27. The van der Waals surface area contributed by atoms with E-state index in [9.17, 15) is 27.2 Å². The summed E-state index contributed by atoms with van der Waals surface area (Å²) in [7, 11) is 0. The monoisotopic (exact) mass is 451 g/mol. The van der Waals surface area contributed by atoms with Gasteiger partial charge < -0.3 is 14.4 Å². The van der Waals surface area contributed by atoms with E-state index in [1.807, 2.05) is 6.07 Å². The third-order valence-electron chi connectivity index (χ3n) is 5.07. The lowest BCUT2D eigenvalue weighted by Crippen LogP contribution is -2.39. The normalized spacial score (nSPS) is 14.9. The predicted octanol–water partition coefficient (Wildman–Crippen LogP) is 5.02. The molecule has 0 bridgehead atoms. The first-order valence-corrected chi connectivity index (χ1v) is 9.93. The molecule has 1 heterocycles. The van der Waals surface area contributed by atoms with Crippen LogP contribution in [0.5, 0.6) is 11.5 Å². The van der Waals surface area contributed by atoms with E-state index < -0.39 is 19.0 Å². The van der Waals surface area contributed by atoms with E-state index in [0.717, 1.165) is 12.1 Å². The van der Waals surface area contributed by atoms with Crippen molar-refractivity contribution in [2.45, 2.75) is 26.1 Å². The zero-order valence-electron chi connectivity index (χ0n) is 16.9. The van der Waals surface area contributed by atoms with Gasteiger partial charge in [0.15, 0.2) is 5.78 Å². The minimum absolute atomic E-state index is 0.0492. The summed E-state index contributed by atoms with van der Waals surface area (Å²) in [5, 5.41) is 0. The zero-order chi connectivity index (χ0) is 23.1. The van der Waals surface area contributed by atoms with Crippen molar-refractivity contribution in [2.24, 2.45) is 5.92 Å². The van der Waals surface area contributed by atoms with Crippen LogP contribution in [0.15, 0.2) is 54.6 Å². The Labute approximate surface area is 182 Å². The third-order valence-corrected chi connectivity index (χ3v) is 5.07.